The molecule has 2 rings (SSSR count). The largest absolute Gasteiger partial charge is 0.396 e. The van der Waals surface area contributed by atoms with Gasteiger partial charge in [-0.2, -0.15) is 5.10 Å². The molecule has 0 aliphatic carbocycles. The van der Waals surface area contributed by atoms with Gasteiger partial charge in [-0.25, -0.2) is 4.68 Å². The van der Waals surface area contributed by atoms with E-state index in [1.54, 1.807) is 0 Å². The molecule has 0 saturated heterocycles. The number of aromatic nitrogens is 2. The van der Waals surface area contributed by atoms with E-state index in [0.717, 1.165) is 30.8 Å². The summed E-state index contributed by atoms with van der Waals surface area (Å²) in [4.78, 5) is 0. The summed E-state index contributed by atoms with van der Waals surface area (Å²) in [5.41, 5.74) is 3.45. The van der Waals surface area contributed by atoms with Gasteiger partial charge in [0.1, 0.15) is 0 Å². The number of nitrogens with one attached hydrogen (secondary N) is 1. The zero-order valence-corrected chi connectivity index (χ0v) is 14.7. The molecule has 0 bridgehead atoms. The van der Waals surface area contributed by atoms with Crippen LogP contribution in [0.5, 0.6) is 0 Å². The molecule has 2 aromatic rings. The number of aliphatic hydroxyl groups is 1. The van der Waals surface area contributed by atoms with Gasteiger partial charge in [-0.3, -0.25) is 0 Å². The lowest BCUT2D eigenvalue weighted by atomic mass is 9.89. The van der Waals surface area contributed by atoms with Gasteiger partial charge >= 0.3 is 0 Å². The van der Waals surface area contributed by atoms with E-state index in [1.165, 1.54) is 5.56 Å². The summed E-state index contributed by atoms with van der Waals surface area (Å²) >= 11 is 0. The highest BCUT2D eigenvalue weighted by molar-refractivity contribution is 5.34. The SMILES string of the molecule is CC(CCCO)NCc1cn(-c2ccccc2)nc1C(C)(C)C. The van der Waals surface area contributed by atoms with Crippen LogP contribution in [0, 0.1) is 0 Å². The second kappa shape index (κ2) is 7.75. The summed E-state index contributed by atoms with van der Waals surface area (Å²) in [6, 6.07) is 10.6. The second-order valence-corrected chi connectivity index (χ2v) is 7.18. The van der Waals surface area contributed by atoms with Crippen LogP contribution in [0.25, 0.3) is 5.69 Å². The van der Waals surface area contributed by atoms with Crippen molar-refractivity contribution in [3.8, 4) is 5.69 Å². The van der Waals surface area contributed by atoms with E-state index in [2.05, 4.69) is 51.3 Å². The standard InChI is InChI=1S/C19H29N3O/c1-15(9-8-12-23)20-13-16-14-22(17-10-6-5-7-11-17)21-18(16)19(2,3)4/h5-7,10-11,14-15,20,23H,8-9,12-13H2,1-4H3. The molecule has 23 heavy (non-hydrogen) atoms. The van der Waals surface area contributed by atoms with Crippen molar-refractivity contribution in [2.24, 2.45) is 0 Å². The molecule has 0 aliphatic rings. The molecule has 4 heteroatoms. The molecule has 0 saturated carbocycles. The molecule has 4 nitrogen and oxygen atoms in total. The summed E-state index contributed by atoms with van der Waals surface area (Å²) < 4.78 is 1.97. The Kier molecular flexibility index (Phi) is 5.97. The molecular formula is C19H29N3O. The monoisotopic (exact) mass is 315 g/mol. The van der Waals surface area contributed by atoms with Crippen molar-refractivity contribution in [1.82, 2.24) is 15.1 Å². The lowest BCUT2D eigenvalue weighted by Crippen LogP contribution is -2.27. The van der Waals surface area contributed by atoms with Crippen molar-refractivity contribution in [3.05, 3.63) is 47.8 Å². The number of aliphatic hydroxyl groups excluding tert-OH is 1. The molecule has 0 fully saturated rings. The number of hydrogen-bond acceptors (Lipinski definition) is 3. The van der Waals surface area contributed by atoms with Gasteiger partial charge in [-0.1, -0.05) is 39.0 Å². The Morgan fingerprint density at radius 1 is 1.22 bits per heavy atom. The zero-order valence-electron chi connectivity index (χ0n) is 14.7. The quantitative estimate of drug-likeness (QED) is 0.823. The lowest BCUT2D eigenvalue weighted by molar-refractivity contribution is 0.276. The number of nitrogens with zero attached hydrogens (tertiary/aromatic N) is 2. The van der Waals surface area contributed by atoms with Crippen molar-refractivity contribution in [3.63, 3.8) is 0 Å². The molecule has 0 radical (unpaired) electrons. The first-order chi connectivity index (χ1) is 10.9. The number of rotatable bonds is 7. The Hall–Kier alpha value is -1.65. The Bertz CT molecular complexity index is 599. The topological polar surface area (TPSA) is 50.1 Å². The summed E-state index contributed by atoms with van der Waals surface area (Å²) in [6.45, 7) is 9.81. The van der Waals surface area contributed by atoms with Crippen molar-refractivity contribution >= 4 is 0 Å². The van der Waals surface area contributed by atoms with Crippen LogP contribution in [0.15, 0.2) is 36.5 Å². The fourth-order valence-electron chi connectivity index (χ4n) is 2.67. The van der Waals surface area contributed by atoms with E-state index < -0.39 is 0 Å². The van der Waals surface area contributed by atoms with E-state index in [0.29, 0.717) is 6.04 Å². The third kappa shape index (κ3) is 4.91. The van der Waals surface area contributed by atoms with Crippen LogP contribution in [0.3, 0.4) is 0 Å². The maximum Gasteiger partial charge on any atom is 0.0727 e. The highest BCUT2D eigenvalue weighted by atomic mass is 16.2. The molecule has 1 aromatic carbocycles. The molecule has 2 N–H and O–H groups in total. The van der Waals surface area contributed by atoms with E-state index in [1.807, 2.05) is 22.9 Å². The molecule has 1 heterocycles. The second-order valence-electron chi connectivity index (χ2n) is 7.18. The average molecular weight is 315 g/mol. The minimum atomic E-state index is 0.00534. The molecule has 0 aliphatic heterocycles. The summed E-state index contributed by atoms with van der Waals surface area (Å²) in [5.74, 6) is 0. The first-order valence-electron chi connectivity index (χ1n) is 8.40. The highest BCUT2D eigenvalue weighted by Gasteiger charge is 2.22. The van der Waals surface area contributed by atoms with Gasteiger partial charge in [0.25, 0.3) is 0 Å². The number of benzene rings is 1. The Balaban J connectivity index is 2.19. The van der Waals surface area contributed by atoms with Crippen LogP contribution in [0.4, 0.5) is 0 Å². The molecule has 1 unspecified atom stereocenters. The predicted octanol–water partition coefficient (Wildman–Crippen LogP) is 3.42. The molecule has 1 atom stereocenters. The van der Waals surface area contributed by atoms with E-state index >= 15 is 0 Å². The van der Waals surface area contributed by atoms with E-state index in [9.17, 15) is 0 Å². The van der Waals surface area contributed by atoms with Crippen molar-refractivity contribution < 1.29 is 5.11 Å². The molecule has 1 aromatic heterocycles. The molecule has 126 valence electrons. The minimum absolute atomic E-state index is 0.00534. The summed E-state index contributed by atoms with van der Waals surface area (Å²) in [5, 5.41) is 17.3. The van der Waals surface area contributed by atoms with E-state index in [-0.39, 0.29) is 12.0 Å². The van der Waals surface area contributed by atoms with Gasteiger partial charge in [-0.05, 0) is 31.9 Å². The average Bonchev–Trinajstić information content (AvgIpc) is 2.96. The van der Waals surface area contributed by atoms with Gasteiger partial charge in [0.15, 0.2) is 0 Å². The normalized spacial score (nSPS) is 13.3. The third-order valence-electron chi connectivity index (χ3n) is 3.96. The van der Waals surface area contributed by atoms with Crippen LogP contribution in [-0.4, -0.2) is 27.5 Å². The maximum atomic E-state index is 8.94. The fourth-order valence-corrected chi connectivity index (χ4v) is 2.67. The van der Waals surface area contributed by atoms with Crippen LogP contribution >= 0.6 is 0 Å². The van der Waals surface area contributed by atoms with Crippen molar-refractivity contribution in [1.29, 1.82) is 0 Å². The van der Waals surface area contributed by atoms with Crippen molar-refractivity contribution in [2.75, 3.05) is 6.61 Å². The van der Waals surface area contributed by atoms with Gasteiger partial charge in [0, 0.05) is 36.4 Å². The Morgan fingerprint density at radius 2 is 1.91 bits per heavy atom. The summed E-state index contributed by atoms with van der Waals surface area (Å²) in [7, 11) is 0. The number of para-hydroxylation sites is 1. The smallest absolute Gasteiger partial charge is 0.0727 e. The summed E-state index contributed by atoms with van der Waals surface area (Å²) in [6.07, 6.45) is 3.94. The van der Waals surface area contributed by atoms with Crippen LogP contribution in [0.2, 0.25) is 0 Å². The number of hydrogen-bond donors (Lipinski definition) is 2. The van der Waals surface area contributed by atoms with Gasteiger partial charge in [0.2, 0.25) is 0 Å². The van der Waals surface area contributed by atoms with Gasteiger partial charge < -0.3 is 10.4 Å². The van der Waals surface area contributed by atoms with Crippen LogP contribution in [-0.2, 0) is 12.0 Å². The van der Waals surface area contributed by atoms with Crippen LogP contribution in [0.1, 0.15) is 51.8 Å². The minimum Gasteiger partial charge on any atom is -0.396 e. The first kappa shape index (κ1) is 17.7. The molecule has 0 spiro atoms. The zero-order chi connectivity index (χ0) is 16.9. The predicted molar refractivity (Wildman–Crippen MR) is 94.9 cm³/mol. The fraction of sp³-hybridized carbons (Fsp3) is 0.526. The molecule has 0 amide bonds. The highest BCUT2D eigenvalue weighted by Crippen LogP contribution is 2.25. The molecular weight excluding hydrogens is 286 g/mol. The van der Waals surface area contributed by atoms with E-state index in [4.69, 9.17) is 10.2 Å². The first-order valence-corrected chi connectivity index (χ1v) is 8.40. The maximum absolute atomic E-state index is 8.94. The Labute approximate surface area is 139 Å². The van der Waals surface area contributed by atoms with Crippen molar-refractivity contribution in [2.45, 2.75) is 58.5 Å². The van der Waals surface area contributed by atoms with Gasteiger partial charge in [-0.15, -0.1) is 0 Å². The van der Waals surface area contributed by atoms with Crippen LogP contribution < -0.4 is 5.32 Å². The lowest BCUT2D eigenvalue weighted by Gasteiger charge is -2.19. The third-order valence-corrected chi connectivity index (χ3v) is 3.96. The Morgan fingerprint density at radius 3 is 2.52 bits per heavy atom. The van der Waals surface area contributed by atoms with Gasteiger partial charge in [0.05, 0.1) is 11.4 Å².